The number of halogens is 3. The number of benzene rings is 1. The lowest BCUT2D eigenvalue weighted by Crippen LogP contribution is -2.30. The zero-order valence-corrected chi connectivity index (χ0v) is 16.7. The van der Waals surface area contributed by atoms with Gasteiger partial charge in [0.05, 0.1) is 16.6 Å². The van der Waals surface area contributed by atoms with Gasteiger partial charge in [0, 0.05) is 18.8 Å². The fourth-order valence-electron chi connectivity index (χ4n) is 3.00. The molecule has 9 heteroatoms. The molecule has 0 unspecified atom stereocenters. The van der Waals surface area contributed by atoms with Crippen molar-refractivity contribution in [2.75, 3.05) is 5.32 Å². The fraction of sp³-hybridized carbons (Fsp3) is 0.350. The Morgan fingerprint density at radius 3 is 2.48 bits per heavy atom. The molecule has 0 saturated heterocycles. The van der Waals surface area contributed by atoms with Gasteiger partial charge in [-0.25, -0.2) is 0 Å². The van der Waals surface area contributed by atoms with E-state index in [4.69, 9.17) is 4.74 Å². The Bertz CT molecular complexity index is 1090. The van der Waals surface area contributed by atoms with Crippen LogP contribution >= 0.6 is 0 Å². The average Bonchev–Trinajstić information content (AvgIpc) is 2.90. The van der Waals surface area contributed by atoms with Crippen molar-refractivity contribution in [1.29, 1.82) is 0 Å². The highest BCUT2D eigenvalue weighted by Crippen LogP contribution is 2.37. The summed E-state index contributed by atoms with van der Waals surface area (Å²) >= 11 is 0. The Labute approximate surface area is 165 Å². The number of aryl methyl sites for hydroxylation is 4. The summed E-state index contributed by atoms with van der Waals surface area (Å²) in [5, 5.41) is 6.62. The van der Waals surface area contributed by atoms with Crippen molar-refractivity contribution in [3.63, 3.8) is 0 Å². The number of nitrogens with zero attached hydrogens (tertiary/aromatic N) is 3. The van der Waals surface area contributed by atoms with Crippen LogP contribution in [0.2, 0.25) is 0 Å². The van der Waals surface area contributed by atoms with Crippen LogP contribution in [0.5, 0.6) is 5.88 Å². The standard InChI is InChI=1S/C20H21F3N4O2/c1-10-6-7-14(8-11(10)2)24-19(28)13(4)29-16-9-15(20(21,22)23)17-12(3)26-27(5)18(17)25-16/h6-9,13H,1-5H3,(H,24,28)/t13-/m0/s1. The Kier molecular flexibility index (Phi) is 5.25. The molecule has 2 aromatic heterocycles. The van der Waals surface area contributed by atoms with Crippen LogP contribution in [0.4, 0.5) is 18.9 Å². The number of carbonyl (C=O) groups is 1. The first kappa shape index (κ1) is 20.6. The molecule has 0 aliphatic rings. The first-order valence-corrected chi connectivity index (χ1v) is 8.93. The fourth-order valence-corrected chi connectivity index (χ4v) is 3.00. The summed E-state index contributed by atoms with van der Waals surface area (Å²) in [6, 6.07) is 6.23. The number of rotatable bonds is 4. The number of anilines is 1. The first-order valence-electron chi connectivity index (χ1n) is 8.93. The second-order valence-corrected chi connectivity index (χ2v) is 6.96. The van der Waals surface area contributed by atoms with E-state index >= 15 is 0 Å². The van der Waals surface area contributed by atoms with E-state index < -0.39 is 23.8 Å². The molecule has 0 saturated carbocycles. The summed E-state index contributed by atoms with van der Waals surface area (Å²) in [5.41, 5.74) is 2.02. The smallest absolute Gasteiger partial charge is 0.417 e. The van der Waals surface area contributed by atoms with E-state index in [0.29, 0.717) is 5.69 Å². The van der Waals surface area contributed by atoms with Crippen LogP contribution in [-0.4, -0.2) is 26.8 Å². The minimum atomic E-state index is -4.61. The highest BCUT2D eigenvalue weighted by Gasteiger charge is 2.36. The lowest BCUT2D eigenvalue weighted by Gasteiger charge is -2.16. The lowest BCUT2D eigenvalue weighted by molar-refractivity contribution is -0.136. The van der Waals surface area contributed by atoms with Crippen LogP contribution in [0.25, 0.3) is 11.0 Å². The zero-order valence-electron chi connectivity index (χ0n) is 16.7. The number of nitrogens with one attached hydrogen (secondary N) is 1. The zero-order chi connectivity index (χ0) is 21.5. The molecule has 6 nitrogen and oxygen atoms in total. The third-order valence-electron chi connectivity index (χ3n) is 4.69. The van der Waals surface area contributed by atoms with E-state index in [0.717, 1.165) is 17.2 Å². The molecule has 1 atom stereocenters. The molecule has 0 radical (unpaired) electrons. The normalized spacial score (nSPS) is 12.8. The predicted octanol–water partition coefficient (Wildman–Crippen LogP) is 4.32. The van der Waals surface area contributed by atoms with Gasteiger partial charge < -0.3 is 10.1 Å². The number of amides is 1. The van der Waals surface area contributed by atoms with Gasteiger partial charge in [-0.05, 0) is 51.0 Å². The number of ether oxygens (including phenoxy) is 1. The summed E-state index contributed by atoms with van der Waals surface area (Å²) in [6.07, 6.45) is -5.67. The van der Waals surface area contributed by atoms with Crippen molar-refractivity contribution in [1.82, 2.24) is 14.8 Å². The Hall–Kier alpha value is -3.10. The first-order chi connectivity index (χ1) is 13.5. The van der Waals surface area contributed by atoms with Crippen molar-refractivity contribution in [2.45, 2.75) is 40.0 Å². The highest BCUT2D eigenvalue weighted by molar-refractivity contribution is 5.94. The van der Waals surface area contributed by atoms with Gasteiger partial charge in [0.1, 0.15) is 0 Å². The van der Waals surface area contributed by atoms with Gasteiger partial charge in [-0.15, -0.1) is 0 Å². The molecule has 0 aliphatic carbocycles. The number of pyridine rings is 1. The summed E-state index contributed by atoms with van der Waals surface area (Å²) in [6.45, 7) is 6.80. The quantitative estimate of drug-likeness (QED) is 0.701. The number of carbonyl (C=O) groups excluding carboxylic acids is 1. The maximum Gasteiger partial charge on any atom is 0.417 e. The number of aromatic nitrogens is 3. The molecule has 1 amide bonds. The van der Waals surface area contributed by atoms with Crippen LogP contribution in [0.15, 0.2) is 24.3 Å². The SMILES string of the molecule is Cc1ccc(NC(=O)[C@H](C)Oc2cc(C(F)(F)F)c3c(C)nn(C)c3n2)cc1C. The van der Waals surface area contributed by atoms with Gasteiger partial charge in [-0.3, -0.25) is 9.48 Å². The second kappa shape index (κ2) is 7.38. The highest BCUT2D eigenvalue weighted by atomic mass is 19.4. The van der Waals surface area contributed by atoms with E-state index in [-0.39, 0.29) is 22.6 Å². The predicted molar refractivity (Wildman–Crippen MR) is 103 cm³/mol. The number of alkyl halides is 3. The van der Waals surface area contributed by atoms with Crippen LogP contribution < -0.4 is 10.1 Å². The molecule has 1 aromatic carbocycles. The molecule has 1 N–H and O–H groups in total. The third kappa shape index (κ3) is 4.18. The molecular weight excluding hydrogens is 385 g/mol. The van der Waals surface area contributed by atoms with Gasteiger partial charge in [-0.1, -0.05) is 6.07 Å². The van der Waals surface area contributed by atoms with Crippen molar-refractivity contribution in [2.24, 2.45) is 7.05 Å². The van der Waals surface area contributed by atoms with E-state index in [9.17, 15) is 18.0 Å². The van der Waals surface area contributed by atoms with Crippen molar-refractivity contribution < 1.29 is 22.7 Å². The molecular formula is C20H21F3N4O2. The van der Waals surface area contributed by atoms with Crippen LogP contribution in [-0.2, 0) is 18.0 Å². The van der Waals surface area contributed by atoms with Gasteiger partial charge in [0.25, 0.3) is 5.91 Å². The maximum absolute atomic E-state index is 13.5. The van der Waals surface area contributed by atoms with E-state index in [2.05, 4.69) is 15.4 Å². The number of hydrogen-bond acceptors (Lipinski definition) is 4. The van der Waals surface area contributed by atoms with E-state index in [1.165, 1.54) is 25.6 Å². The summed E-state index contributed by atoms with van der Waals surface area (Å²) < 4.78 is 47.3. The monoisotopic (exact) mass is 406 g/mol. The minimum absolute atomic E-state index is 0.0362. The van der Waals surface area contributed by atoms with Crippen molar-refractivity contribution in [3.8, 4) is 5.88 Å². The van der Waals surface area contributed by atoms with E-state index in [1.54, 1.807) is 6.07 Å². The Morgan fingerprint density at radius 1 is 1.17 bits per heavy atom. The molecule has 0 spiro atoms. The molecule has 0 aliphatic heterocycles. The Balaban J connectivity index is 1.88. The van der Waals surface area contributed by atoms with Crippen molar-refractivity contribution >= 4 is 22.6 Å². The number of fused-ring (bicyclic) bond motifs is 1. The van der Waals surface area contributed by atoms with Gasteiger partial charge in [0.15, 0.2) is 11.8 Å². The van der Waals surface area contributed by atoms with E-state index in [1.807, 2.05) is 26.0 Å². The molecule has 0 fully saturated rings. The number of hydrogen-bond donors (Lipinski definition) is 1. The lowest BCUT2D eigenvalue weighted by atomic mass is 10.1. The van der Waals surface area contributed by atoms with Gasteiger partial charge >= 0.3 is 6.18 Å². The van der Waals surface area contributed by atoms with Crippen LogP contribution in [0.3, 0.4) is 0 Å². The molecule has 3 aromatic rings. The van der Waals surface area contributed by atoms with Crippen LogP contribution in [0.1, 0.15) is 29.3 Å². The summed E-state index contributed by atoms with van der Waals surface area (Å²) in [7, 11) is 1.50. The van der Waals surface area contributed by atoms with Gasteiger partial charge in [-0.2, -0.15) is 23.3 Å². The molecule has 2 heterocycles. The Morgan fingerprint density at radius 2 is 1.86 bits per heavy atom. The minimum Gasteiger partial charge on any atom is -0.464 e. The maximum atomic E-state index is 13.5. The molecule has 3 rings (SSSR count). The third-order valence-corrected chi connectivity index (χ3v) is 4.69. The summed E-state index contributed by atoms with van der Waals surface area (Å²) in [4.78, 5) is 16.5. The average molecular weight is 406 g/mol. The molecule has 154 valence electrons. The molecule has 0 bridgehead atoms. The van der Waals surface area contributed by atoms with Crippen molar-refractivity contribution in [3.05, 3.63) is 46.6 Å². The van der Waals surface area contributed by atoms with Gasteiger partial charge in [0.2, 0.25) is 5.88 Å². The topological polar surface area (TPSA) is 69.0 Å². The molecule has 29 heavy (non-hydrogen) atoms. The second-order valence-electron chi connectivity index (χ2n) is 6.96. The largest absolute Gasteiger partial charge is 0.464 e. The summed E-state index contributed by atoms with van der Waals surface area (Å²) in [5.74, 6) is -0.791. The van der Waals surface area contributed by atoms with Crippen LogP contribution in [0, 0.1) is 20.8 Å².